The molecular formula is C26H28N4O3. The smallest absolute Gasteiger partial charge is 0.255 e. The van der Waals surface area contributed by atoms with Gasteiger partial charge in [-0.2, -0.15) is 0 Å². The van der Waals surface area contributed by atoms with Gasteiger partial charge in [0.15, 0.2) is 0 Å². The Morgan fingerprint density at radius 1 is 1.15 bits per heavy atom. The monoisotopic (exact) mass is 444 g/mol. The van der Waals surface area contributed by atoms with E-state index in [1.54, 1.807) is 4.90 Å². The second-order valence-corrected chi connectivity index (χ2v) is 10.3. The van der Waals surface area contributed by atoms with Gasteiger partial charge in [-0.05, 0) is 66.5 Å². The topological polar surface area (TPSA) is 82.6 Å². The van der Waals surface area contributed by atoms with E-state index in [4.69, 9.17) is 0 Å². The standard InChI is InChI=1S/C26H28N4O3/c1-16-11-27-21(10-18(16)12-29-14-26(15-29)7-2-8-26)17-3-4-20-19(9-17)13-30(25(20)33)22-5-6-23(31)28-24(22)32/h3-4,9-11,22H,2,5-8,12-15H2,1H3,(H,28,31,32). The van der Waals surface area contributed by atoms with Crippen LogP contribution in [0.5, 0.6) is 0 Å². The molecule has 1 atom stereocenters. The highest BCUT2D eigenvalue weighted by molar-refractivity contribution is 6.05. The van der Waals surface area contributed by atoms with E-state index in [1.165, 1.54) is 43.5 Å². The number of carbonyl (C=O) groups is 3. The van der Waals surface area contributed by atoms with Gasteiger partial charge in [-0.15, -0.1) is 0 Å². The number of piperidine rings is 1. The molecule has 4 heterocycles. The quantitative estimate of drug-likeness (QED) is 0.734. The van der Waals surface area contributed by atoms with Crippen LogP contribution in [-0.4, -0.2) is 51.6 Å². The van der Waals surface area contributed by atoms with Gasteiger partial charge in [0.25, 0.3) is 5.91 Å². The number of nitrogens with one attached hydrogen (secondary N) is 1. The third kappa shape index (κ3) is 3.46. The normalized spacial score (nSPS) is 23.8. The minimum absolute atomic E-state index is 0.147. The Bertz CT molecular complexity index is 1180. The molecular weight excluding hydrogens is 416 g/mol. The third-order valence-corrected chi connectivity index (χ3v) is 7.96. The van der Waals surface area contributed by atoms with E-state index in [-0.39, 0.29) is 24.1 Å². The van der Waals surface area contributed by atoms with Crippen molar-refractivity contribution in [3.8, 4) is 11.3 Å². The van der Waals surface area contributed by atoms with E-state index in [0.717, 1.165) is 23.4 Å². The second-order valence-electron chi connectivity index (χ2n) is 10.3. The van der Waals surface area contributed by atoms with Crippen LogP contribution in [0, 0.1) is 12.3 Å². The molecule has 1 spiro atoms. The molecule has 2 saturated heterocycles. The van der Waals surface area contributed by atoms with Crippen LogP contribution in [0.3, 0.4) is 0 Å². The molecule has 7 nitrogen and oxygen atoms in total. The first-order valence-electron chi connectivity index (χ1n) is 11.9. The average Bonchev–Trinajstić information content (AvgIpc) is 3.06. The highest BCUT2D eigenvalue weighted by Gasteiger charge is 2.46. The molecule has 0 bridgehead atoms. The maximum absolute atomic E-state index is 13.0. The third-order valence-electron chi connectivity index (χ3n) is 7.96. The molecule has 1 unspecified atom stereocenters. The number of rotatable bonds is 4. The number of carbonyl (C=O) groups excluding carboxylic acids is 3. The number of hydrogen-bond acceptors (Lipinski definition) is 5. The summed E-state index contributed by atoms with van der Waals surface area (Å²) in [5.41, 5.74) is 6.54. The van der Waals surface area contributed by atoms with Crippen molar-refractivity contribution in [1.29, 1.82) is 0 Å². The summed E-state index contributed by atoms with van der Waals surface area (Å²) in [6.07, 6.45) is 6.72. The predicted octanol–water partition coefficient (Wildman–Crippen LogP) is 2.80. The summed E-state index contributed by atoms with van der Waals surface area (Å²) in [5.74, 6) is -0.802. The SMILES string of the molecule is Cc1cnc(-c2ccc3c(c2)CN(C2CCC(=O)NC2=O)C3=O)cc1CN1CC2(CCC2)C1. The van der Waals surface area contributed by atoms with Crippen LogP contribution < -0.4 is 5.32 Å². The zero-order chi connectivity index (χ0) is 22.7. The summed E-state index contributed by atoms with van der Waals surface area (Å²) in [7, 11) is 0. The Morgan fingerprint density at radius 2 is 1.97 bits per heavy atom. The number of likely N-dealkylation sites (tertiary alicyclic amines) is 1. The molecule has 1 saturated carbocycles. The van der Waals surface area contributed by atoms with Crippen LogP contribution in [-0.2, 0) is 22.7 Å². The molecule has 1 N–H and O–H groups in total. The number of pyridine rings is 1. The van der Waals surface area contributed by atoms with Gasteiger partial charge in [-0.3, -0.25) is 29.6 Å². The molecule has 33 heavy (non-hydrogen) atoms. The highest BCUT2D eigenvalue weighted by Crippen LogP contribution is 2.48. The maximum atomic E-state index is 13.0. The van der Waals surface area contributed by atoms with Crippen LogP contribution in [0.25, 0.3) is 11.3 Å². The van der Waals surface area contributed by atoms with Crippen LogP contribution in [0.1, 0.15) is 59.2 Å². The first-order valence-corrected chi connectivity index (χ1v) is 11.9. The molecule has 3 amide bonds. The van der Waals surface area contributed by atoms with E-state index >= 15 is 0 Å². The molecule has 7 heteroatoms. The summed E-state index contributed by atoms with van der Waals surface area (Å²) in [6, 6.07) is 7.39. The molecule has 0 radical (unpaired) electrons. The summed E-state index contributed by atoms with van der Waals surface area (Å²) < 4.78 is 0. The lowest BCUT2D eigenvalue weighted by molar-refractivity contribution is -0.136. The van der Waals surface area contributed by atoms with Crippen molar-refractivity contribution in [2.24, 2.45) is 5.41 Å². The van der Waals surface area contributed by atoms with Gasteiger partial charge in [0, 0.05) is 49.9 Å². The van der Waals surface area contributed by atoms with Crippen molar-refractivity contribution in [2.75, 3.05) is 13.1 Å². The van der Waals surface area contributed by atoms with Crippen molar-refractivity contribution in [2.45, 2.75) is 58.2 Å². The number of benzene rings is 1. The Hall–Kier alpha value is -3.06. The van der Waals surface area contributed by atoms with Crippen molar-refractivity contribution >= 4 is 17.7 Å². The maximum Gasteiger partial charge on any atom is 0.255 e. The van der Waals surface area contributed by atoms with E-state index in [0.29, 0.717) is 23.9 Å². The fourth-order valence-corrected chi connectivity index (χ4v) is 5.88. The van der Waals surface area contributed by atoms with Gasteiger partial charge in [0.05, 0.1) is 5.69 Å². The first-order chi connectivity index (χ1) is 15.9. The Labute approximate surface area is 193 Å². The van der Waals surface area contributed by atoms with Crippen LogP contribution in [0.4, 0.5) is 0 Å². The molecule has 6 rings (SSSR count). The number of amides is 3. The van der Waals surface area contributed by atoms with Crippen LogP contribution >= 0.6 is 0 Å². The van der Waals surface area contributed by atoms with Gasteiger partial charge in [0.1, 0.15) is 6.04 Å². The summed E-state index contributed by atoms with van der Waals surface area (Å²) >= 11 is 0. The zero-order valence-electron chi connectivity index (χ0n) is 18.9. The summed E-state index contributed by atoms with van der Waals surface area (Å²) in [5, 5.41) is 2.35. The first kappa shape index (κ1) is 20.5. The van der Waals surface area contributed by atoms with E-state index in [2.05, 4.69) is 28.2 Å². The molecule has 4 aliphatic rings. The number of aryl methyl sites for hydroxylation is 1. The van der Waals surface area contributed by atoms with Crippen molar-refractivity contribution < 1.29 is 14.4 Å². The van der Waals surface area contributed by atoms with Gasteiger partial charge in [0.2, 0.25) is 11.8 Å². The lowest BCUT2D eigenvalue weighted by Gasteiger charge is -2.56. The number of aromatic nitrogens is 1. The Balaban J connectivity index is 1.21. The molecule has 2 aromatic rings. The van der Waals surface area contributed by atoms with E-state index in [1.807, 2.05) is 24.4 Å². The van der Waals surface area contributed by atoms with E-state index < -0.39 is 6.04 Å². The zero-order valence-corrected chi connectivity index (χ0v) is 18.9. The second kappa shape index (κ2) is 7.48. The summed E-state index contributed by atoms with van der Waals surface area (Å²) in [4.78, 5) is 45.5. The predicted molar refractivity (Wildman–Crippen MR) is 122 cm³/mol. The van der Waals surface area contributed by atoms with Crippen LogP contribution in [0.2, 0.25) is 0 Å². The molecule has 170 valence electrons. The molecule has 1 aliphatic carbocycles. The van der Waals surface area contributed by atoms with Crippen molar-refractivity contribution in [3.05, 3.63) is 52.7 Å². The lowest BCUT2D eigenvalue weighted by atomic mass is 9.63. The number of hydrogen-bond donors (Lipinski definition) is 1. The van der Waals surface area contributed by atoms with Gasteiger partial charge in [-0.25, -0.2) is 0 Å². The molecule has 1 aromatic heterocycles. The summed E-state index contributed by atoms with van der Waals surface area (Å²) in [6.45, 7) is 5.87. The average molecular weight is 445 g/mol. The fraction of sp³-hybridized carbons (Fsp3) is 0.462. The highest BCUT2D eigenvalue weighted by atomic mass is 16.2. The Kier molecular flexibility index (Phi) is 4.66. The minimum Gasteiger partial charge on any atom is -0.322 e. The van der Waals surface area contributed by atoms with Gasteiger partial charge in [-0.1, -0.05) is 12.5 Å². The Morgan fingerprint density at radius 3 is 2.70 bits per heavy atom. The fourth-order valence-electron chi connectivity index (χ4n) is 5.88. The van der Waals surface area contributed by atoms with Crippen molar-refractivity contribution in [1.82, 2.24) is 20.1 Å². The largest absolute Gasteiger partial charge is 0.322 e. The van der Waals surface area contributed by atoms with Crippen molar-refractivity contribution in [3.63, 3.8) is 0 Å². The molecule has 3 fully saturated rings. The van der Waals surface area contributed by atoms with E-state index in [9.17, 15) is 14.4 Å². The number of nitrogens with zero attached hydrogens (tertiary/aromatic N) is 3. The minimum atomic E-state index is -0.592. The lowest BCUT2D eigenvalue weighted by Crippen LogP contribution is -2.58. The van der Waals surface area contributed by atoms with Gasteiger partial charge >= 0.3 is 0 Å². The molecule has 3 aliphatic heterocycles. The van der Waals surface area contributed by atoms with Gasteiger partial charge < -0.3 is 4.90 Å². The number of imide groups is 1. The molecule has 1 aromatic carbocycles. The number of fused-ring (bicyclic) bond motifs is 1. The van der Waals surface area contributed by atoms with Crippen LogP contribution in [0.15, 0.2) is 30.5 Å².